The van der Waals surface area contributed by atoms with Crippen LogP contribution in [0.25, 0.3) is 16.6 Å². The van der Waals surface area contributed by atoms with Gasteiger partial charge in [0.1, 0.15) is 5.25 Å². The summed E-state index contributed by atoms with van der Waals surface area (Å²) in [6.07, 6.45) is 1.45. The van der Waals surface area contributed by atoms with Crippen molar-refractivity contribution in [1.29, 1.82) is 0 Å². The Morgan fingerprint density at radius 2 is 1.89 bits per heavy atom. The smallest absolute Gasteiger partial charge is 0.319 e. The second-order valence-electron chi connectivity index (χ2n) is 6.18. The number of carbonyl (C=O) groups is 1. The molecule has 0 N–H and O–H groups in total. The minimum absolute atomic E-state index is 0.186. The molecule has 0 bridgehead atoms. The molecule has 28 heavy (non-hydrogen) atoms. The summed E-state index contributed by atoms with van der Waals surface area (Å²) < 4.78 is 6.75. The van der Waals surface area contributed by atoms with Crippen LogP contribution in [0.15, 0.2) is 58.5 Å². The lowest BCUT2D eigenvalue weighted by Gasteiger charge is -2.18. The number of nitrogens with zero attached hydrogens (tertiary/aromatic N) is 2. The monoisotopic (exact) mass is 416 g/mol. The van der Waals surface area contributed by atoms with Gasteiger partial charge in [-0.05, 0) is 49.7 Å². The molecule has 3 rings (SSSR count). The Kier molecular flexibility index (Phi) is 6.75. The summed E-state index contributed by atoms with van der Waals surface area (Å²) in [7, 11) is 0. The first-order chi connectivity index (χ1) is 13.5. The molecule has 146 valence electrons. The molecular weight excluding hydrogens is 396 g/mol. The van der Waals surface area contributed by atoms with Crippen LogP contribution in [-0.4, -0.2) is 27.4 Å². The maximum Gasteiger partial charge on any atom is 0.319 e. The number of carbonyl (C=O) groups excluding carboxylic acids is 1. The van der Waals surface area contributed by atoms with Gasteiger partial charge in [-0.1, -0.05) is 48.8 Å². The van der Waals surface area contributed by atoms with Crippen LogP contribution < -0.4 is 5.56 Å². The molecule has 2 aromatic carbocycles. The molecule has 1 aromatic heterocycles. The van der Waals surface area contributed by atoms with Gasteiger partial charge in [0.2, 0.25) is 0 Å². The van der Waals surface area contributed by atoms with Crippen molar-refractivity contribution < 1.29 is 9.53 Å². The molecule has 0 aliphatic rings. The number of halogens is 1. The number of thioether (sulfide) groups is 1. The van der Waals surface area contributed by atoms with Gasteiger partial charge in [0.15, 0.2) is 5.16 Å². The SMILES string of the molecule is CCC[C@H](Sc1nc2ccccc2c(=O)n1-c1ccc(Cl)cc1)C(=O)OCC. The highest BCUT2D eigenvalue weighted by molar-refractivity contribution is 8.00. The molecule has 0 saturated carbocycles. The molecule has 0 saturated heterocycles. The molecule has 0 radical (unpaired) electrons. The van der Waals surface area contributed by atoms with Gasteiger partial charge in [-0.25, -0.2) is 4.98 Å². The zero-order valence-corrected chi connectivity index (χ0v) is 17.3. The van der Waals surface area contributed by atoms with E-state index in [0.29, 0.717) is 39.8 Å². The minimum Gasteiger partial charge on any atom is -0.465 e. The second-order valence-corrected chi connectivity index (χ2v) is 7.78. The largest absolute Gasteiger partial charge is 0.465 e. The number of para-hydroxylation sites is 1. The Bertz CT molecular complexity index is 1030. The highest BCUT2D eigenvalue weighted by atomic mass is 35.5. The Morgan fingerprint density at radius 3 is 2.57 bits per heavy atom. The van der Waals surface area contributed by atoms with Gasteiger partial charge in [0.25, 0.3) is 5.56 Å². The lowest BCUT2D eigenvalue weighted by molar-refractivity contribution is -0.142. The van der Waals surface area contributed by atoms with E-state index in [1.165, 1.54) is 16.3 Å². The Morgan fingerprint density at radius 1 is 1.18 bits per heavy atom. The zero-order chi connectivity index (χ0) is 20.1. The number of ether oxygens (including phenoxy) is 1. The van der Waals surface area contributed by atoms with Crippen LogP contribution in [-0.2, 0) is 9.53 Å². The average Bonchev–Trinajstić information content (AvgIpc) is 2.69. The molecule has 7 heteroatoms. The Balaban J connectivity index is 2.16. The molecule has 1 heterocycles. The fourth-order valence-corrected chi connectivity index (χ4v) is 4.20. The number of benzene rings is 2. The number of hydrogen-bond donors (Lipinski definition) is 0. The van der Waals surface area contributed by atoms with E-state index in [2.05, 4.69) is 4.98 Å². The van der Waals surface area contributed by atoms with Gasteiger partial charge in [0.05, 0.1) is 23.2 Å². The van der Waals surface area contributed by atoms with E-state index in [4.69, 9.17) is 16.3 Å². The molecule has 0 aliphatic heterocycles. The van der Waals surface area contributed by atoms with Crippen LogP contribution in [0.2, 0.25) is 5.02 Å². The molecular formula is C21H21ClN2O3S. The van der Waals surface area contributed by atoms with Crippen LogP contribution in [0, 0.1) is 0 Å². The Hall–Kier alpha value is -2.31. The number of fused-ring (bicyclic) bond motifs is 1. The molecule has 0 fully saturated rings. The number of rotatable bonds is 7. The van der Waals surface area contributed by atoms with E-state index in [1.807, 2.05) is 19.1 Å². The molecule has 0 spiro atoms. The van der Waals surface area contributed by atoms with Crippen molar-refractivity contribution >= 4 is 40.2 Å². The standard InChI is InChI=1S/C21H21ClN2O3S/c1-3-7-18(20(26)27-4-2)28-21-23-17-9-6-5-8-16(17)19(25)24(21)15-12-10-14(22)11-13-15/h5-6,8-13,18H,3-4,7H2,1-2H3/t18-/m0/s1. The fourth-order valence-electron chi connectivity index (χ4n) is 2.86. The van der Waals surface area contributed by atoms with Crippen LogP contribution in [0.5, 0.6) is 0 Å². The number of esters is 1. The fraction of sp³-hybridized carbons (Fsp3) is 0.286. The molecule has 1 atom stereocenters. The van der Waals surface area contributed by atoms with E-state index < -0.39 is 5.25 Å². The summed E-state index contributed by atoms with van der Waals surface area (Å²) in [4.78, 5) is 30.3. The highest BCUT2D eigenvalue weighted by Gasteiger charge is 2.24. The van der Waals surface area contributed by atoms with Gasteiger partial charge >= 0.3 is 5.97 Å². The third-order valence-electron chi connectivity index (χ3n) is 4.18. The van der Waals surface area contributed by atoms with E-state index in [1.54, 1.807) is 43.3 Å². The van der Waals surface area contributed by atoms with Crippen LogP contribution in [0.3, 0.4) is 0 Å². The summed E-state index contributed by atoms with van der Waals surface area (Å²) in [5.74, 6) is -0.292. The maximum atomic E-state index is 13.2. The Labute approximate surface area is 172 Å². The lowest BCUT2D eigenvalue weighted by Crippen LogP contribution is -2.25. The van der Waals surface area contributed by atoms with Crippen LogP contribution in [0.4, 0.5) is 0 Å². The summed E-state index contributed by atoms with van der Waals surface area (Å²) in [6.45, 7) is 4.10. The first-order valence-corrected chi connectivity index (χ1v) is 10.4. The van der Waals surface area contributed by atoms with Crippen molar-refractivity contribution in [3.8, 4) is 5.69 Å². The quantitative estimate of drug-likeness (QED) is 0.312. The van der Waals surface area contributed by atoms with E-state index in [0.717, 1.165) is 6.42 Å². The van der Waals surface area contributed by atoms with Crippen molar-refractivity contribution in [3.05, 3.63) is 63.9 Å². The first-order valence-electron chi connectivity index (χ1n) is 9.16. The van der Waals surface area contributed by atoms with Gasteiger partial charge < -0.3 is 4.74 Å². The molecule has 3 aromatic rings. The van der Waals surface area contributed by atoms with E-state index in [9.17, 15) is 9.59 Å². The highest BCUT2D eigenvalue weighted by Crippen LogP contribution is 2.28. The van der Waals surface area contributed by atoms with E-state index >= 15 is 0 Å². The van der Waals surface area contributed by atoms with Gasteiger partial charge in [0, 0.05) is 5.02 Å². The van der Waals surface area contributed by atoms with Gasteiger partial charge in [-0.3, -0.25) is 14.2 Å². The molecule has 0 amide bonds. The maximum absolute atomic E-state index is 13.2. The normalized spacial score (nSPS) is 12.1. The molecule has 5 nitrogen and oxygen atoms in total. The summed E-state index contributed by atoms with van der Waals surface area (Å²) in [5.41, 5.74) is 1.06. The third-order valence-corrected chi connectivity index (χ3v) is 5.63. The van der Waals surface area contributed by atoms with Crippen molar-refractivity contribution in [2.45, 2.75) is 37.1 Å². The van der Waals surface area contributed by atoms with Crippen LogP contribution in [0.1, 0.15) is 26.7 Å². The lowest BCUT2D eigenvalue weighted by atomic mass is 10.2. The van der Waals surface area contributed by atoms with Gasteiger partial charge in [-0.2, -0.15) is 0 Å². The predicted octanol–water partition coefficient (Wildman–Crippen LogP) is 4.86. The number of hydrogen-bond acceptors (Lipinski definition) is 5. The van der Waals surface area contributed by atoms with Crippen LogP contribution >= 0.6 is 23.4 Å². The summed E-state index contributed by atoms with van der Waals surface area (Å²) in [6, 6.07) is 14.2. The average molecular weight is 417 g/mol. The van der Waals surface area contributed by atoms with Crippen molar-refractivity contribution in [3.63, 3.8) is 0 Å². The van der Waals surface area contributed by atoms with Crippen molar-refractivity contribution in [1.82, 2.24) is 9.55 Å². The van der Waals surface area contributed by atoms with E-state index in [-0.39, 0.29) is 11.5 Å². The zero-order valence-electron chi connectivity index (χ0n) is 15.7. The first kappa shape index (κ1) is 20.4. The molecule has 0 unspecified atom stereocenters. The summed E-state index contributed by atoms with van der Waals surface area (Å²) in [5, 5.41) is 1.12. The second kappa shape index (κ2) is 9.26. The van der Waals surface area contributed by atoms with Crippen molar-refractivity contribution in [2.24, 2.45) is 0 Å². The number of aromatic nitrogens is 2. The minimum atomic E-state index is -0.434. The summed E-state index contributed by atoms with van der Waals surface area (Å²) >= 11 is 7.27. The molecule has 0 aliphatic carbocycles. The van der Waals surface area contributed by atoms with Gasteiger partial charge in [-0.15, -0.1) is 0 Å². The third kappa shape index (κ3) is 4.39. The predicted molar refractivity (Wildman–Crippen MR) is 114 cm³/mol. The van der Waals surface area contributed by atoms with Crippen molar-refractivity contribution in [2.75, 3.05) is 6.61 Å². The topological polar surface area (TPSA) is 61.2 Å².